The number of nitrogens with one attached hydrogen (secondary N) is 1. The maximum Gasteiger partial charge on any atom is 0.247 e. The van der Waals surface area contributed by atoms with E-state index in [2.05, 4.69) is 5.32 Å². The predicted molar refractivity (Wildman–Crippen MR) is 56.2 cm³/mol. The van der Waals surface area contributed by atoms with E-state index >= 15 is 0 Å². The van der Waals surface area contributed by atoms with Gasteiger partial charge in [-0.15, -0.1) is 0 Å². The van der Waals surface area contributed by atoms with Crippen LogP contribution in [0.15, 0.2) is 0 Å². The molecule has 2 rings (SSSR count). The van der Waals surface area contributed by atoms with E-state index in [0.29, 0.717) is 6.54 Å². The first kappa shape index (κ1) is 10.6. The third-order valence-corrected chi connectivity index (χ3v) is 3.68. The average molecular weight is 210 g/mol. The van der Waals surface area contributed by atoms with Gasteiger partial charge < -0.3 is 0 Å². The summed E-state index contributed by atoms with van der Waals surface area (Å²) in [7, 11) is 0. The number of hydrogen-bond donors (Lipinski definition) is 1. The number of hydrogen-bond acceptors (Lipinski definition) is 3. The van der Waals surface area contributed by atoms with Crippen LogP contribution in [0.4, 0.5) is 0 Å². The van der Waals surface area contributed by atoms with Gasteiger partial charge in [0.1, 0.15) is 5.54 Å². The SMILES string of the molecule is CCN1CC(=O)NC(=O)C12CCCCC2. The maximum absolute atomic E-state index is 12.0. The fraction of sp³-hybridized carbons (Fsp3) is 0.818. The largest absolute Gasteiger partial charge is 0.294 e. The van der Waals surface area contributed by atoms with Gasteiger partial charge >= 0.3 is 0 Å². The first-order chi connectivity index (χ1) is 7.19. The van der Waals surface area contributed by atoms with Gasteiger partial charge in [-0.25, -0.2) is 0 Å². The van der Waals surface area contributed by atoms with E-state index in [9.17, 15) is 9.59 Å². The Kier molecular flexibility index (Phi) is 2.78. The van der Waals surface area contributed by atoms with Gasteiger partial charge in [-0.2, -0.15) is 0 Å². The lowest BCUT2D eigenvalue weighted by molar-refractivity contribution is -0.149. The number of carbonyl (C=O) groups is 2. The van der Waals surface area contributed by atoms with E-state index in [1.54, 1.807) is 0 Å². The Morgan fingerprint density at radius 1 is 1.27 bits per heavy atom. The summed E-state index contributed by atoms with van der Waals surface area (Å²) in [4.78, 5) is 25.3. The van der Waals surface area contributed by atoms with Crippen molar-refractivity contribution in [2.24, 2.45) is 0 Å². The van der Waals surface area contributed by atoms with Crippen LogP contribution in [0, 0.1) is 0 Å². The molecular formula is C11H18N2O2. The smallest absolute Gasteiger partial charge is 0.247 e. The van der Waals surface area contributed by atoms with E-state index in [1.807, 2.05) is 11.8 Å². The standard InChI is InChI=1S/C11H18N2O2/c1-2-13-8-9(14)12-10(15)11(13)6-4-3-5-7-11/h2-8H2,1H3,(H,12,14,15). The van der Waals surface area contributed by atoms with Gasteiger partial charge in [0.2, 0.25) is 11.8 Å². The molecule has 1 heterocycles. The van der Waals surface area contributed by atoms with Crippen molar-refractivity contribution in [1.29, 1.82) is 0 Å². The molecule has 84 valence electrons. The third kappa shape index (κ3) is 1.67. The molecule has 0 aromatic rings. The van der Waals surface area contributed by atoms with Crippen LogP contribution in [0.1, 0.15) is 39.0 Å². The number of likely N-dealkylation sites (N-methyl/N-ethyl adjacent to an activating group) is 1. The summed E-state index contributed by atoms with van der Waals surface area (Å²) < 4.78 is 0. The third-order valence-electron chi connectivity index (χ3n) is 3.68. The lowest BCUT2D eigenvalue weighted by Crippen LogP contribution is -2.67. The Morgan fingerprint density at radius 3 is 2.53 bits per heavy atom. The molecule has 2 aliphatic rings. The molecule has 0 aromatic carbocycles. The molecule has 15 heavy (non-hydrogen) atoms. The second-order valence-electron chi connectivity index (χ2n) is 4.48. The molecule has 4 nitrogen and oxygen atoms in total. The molecule has 1 N–H and O–H groups in total. The van der Waals surface area contributed by atoms with Crippen molar-refractivity contribution < 1.29 is 9.59 Å². The topological polar surface area (TPSA) is 49.4 Å². The molecule has 1 saturated carbocycles. The zero-order valence-electron chi connectivity index (χ0n) is 9.21. The highest BCUT2D eigenvalue weighted by Gasteiger charge is 2.47. The van der Waals surface area contributed by atoms with E-state index in [1.165, 1.54) is 6.42 Å². The number of carbonyl (C=O) groups excluding carboxylic acids is 2. The monoisotopic (exact) mass is 210 g/mol. The van der Waals surface area contributed by atoms with Crippen molar-refractivity contribution in [3.63, 3.8) is 0 Å². The molecule has 1 aliphatic heterocycles. The highest BCUT2D eigenvalue weighted by molar-refractivity contribution is 6.03. The van der Waals surface area contributed by atoms with Crippen molar-refractivity contribution in [3.8, 4) is 0 Å². The summed E-state index contributed by atoms with van der Waals surface area (Å²) >= 11 is 0. The van der Waals surface area contributed by atoms with Crippen molar-refractivity contribution in [2.75, 3.05) is 13.1 Å². The maximum atomic E-state index is 12.0. The van der Waals surface area contributed by atoms with Crippen LogP contribution in [0.5, 0.6) is 0 Å². The normalized spacial score (nSPS) is 26.7. The van der Waals surface area contributed by atoms with Crippen LogP contribution in [-0.2, 0) is 9.59 Å². The Hall–Kier alpha value is -0.900. The first-order valence-corrected chi connectivity index (χ1v) is 5.78. The molecule has 0 unspecified atom stereocenters. The molecule has 4 heteroatoms. The summed E-state index contributed by atoms with van der Waals surface area (Å²) in [5, 5.41) is 2.48. The molecule has 0 atom stereocenters. The van der Waals surface area contributed by atoms with Crippen molar-refractivity contribution in [3.05, 3.63) is 0 Å². The number of rotatable bonds is 1. The van der Waals surface area contributed by atoms with Crippen molar-refractivity contribution in [2.45, 2.75) is 44.6 Å². The fourth-order valence-corrected chi connectivity index (χ4v) is 2.85. The molecule has 0 aromatic heterocycles. The number of amides is 2. The molecular weight excluding hydrogens is 192 g/mol. The molecule has 0 radical (unpaired) electrons. The van der Waals surface area contributed by atoms with Crippen LogP contribution in [0.3, 0.4) is 0 Å². The first-order valence-electron chi connectivity index (χ1n) is 5.78. The van der Waals surface area contributed by atoms with E-state index < -0.39 is 0 Å². The number of nitrogens with zero attached hydrogens (tertiary/aromatic N) is 1. The summed E-state index contributed by atoms with van der Waals surface area (Å²) in [5.41, 5.74) is -0.374. The minimum absolute atomic E-state index is 0.0692. The highest BCUT2D eigenvalue weighted by Crippen LogP contribution is 2.35. The minimum Gasteiger partial charge on any atom is -0.294 e. The second-order valence-corrected chi connectivity index (χ2v) is 4.48. The van der Waals surface area contributed by atoms with Crippen molar-refractivity contribution >= 4 is 11.8 Å². The van der Waals surface area contributed by atoms with E-state index in [0.717, 1.165) is 32.2 Å². The molecule has 2 fully saturated rings. The Balaban J connectivity index is 2.24. The molecule has 0 bridgehead atoms. The van der Waals surface area contributed by atoms with E-state index in [-0.39, 0.29) is 17.4 Å². The highest BCUT2D eigenvalue weighted by atomic mass is 16.2. The fourth-order valence-electron chi connectivity index (χ4n) is 2.85. The number of piperazine rings is 1. The zero-order valence-corrected chi connectivity index (χ0v) is 9.21. The predicted octanol–water partition coefficient (Wildman–Crippen LogP) is 0.668. The summed E-state index contributed by atoms with van der Waals surface area (Å²) in [6.07, 6.45) is 5.21. The molecule has 1 spiro atoms. The van der Waals surface area contributed by atoms with Gasteiger partial charge in [0.15, 0.2) is 0 Å². The van der Waals surface area contributed by atoms with Crippen LogP contribution in [0.25, 0.3) is 0 Å². The van der Waals surface area contributed by atoms with Gasteiger partial charge in [0.25, 0.3) is 0 Å². The Labute approximate surface area is 90.0 Å². The van der Waals surface area contributed by atoms with Gasteiger partial charge in [0.05, 0.1) is 6.54 Å². The number of imide groups is 1. The van der Waals surface area contributed by atoms with Crippen LogP contribution >= 0.6 is 0 Å². The molecule has 2 amide bonds. The lowest BCUT2D eigenvalue weighted by atomic mass is 9.78. The summed E-state index contributed by atoms with van der Waals surface area (Å²) in [5.74, 6) is -0.224. The van der Waals surface area contributed by atoms with Crippen LogP contribution in [0.2, 0.25) is 0 Å². The quantitative estimate of drug-likeness (QED) is 0.647. The second kappa shape index (κ2) is 3.93. The van der Waals surface area contributed by atoms with Gasteiger partial charge in [0, 0.05) is 0 Å². The lowest BCUT2D eigenvalue weighted by Gasteiger charge is -2.46. The minimum atomic E-state index is -0.374. The summed E-state index contributed by atoms with van der Waals surface area (Å²) in [6, 6.07) is 0. The Bertz CT molecular complexity index is 282. The van der Waals surface area contributed by atoms with Gasteiger partial charge in [-0.1, -0.05) is 26.2 Å². The summed E-state index contributed by atoms with van der Waals surface area (Å²) in [6.45, 7) is 3.17. The molecule has 1 saturated heterocycles. The van der Waals surface area contributed by atoms with Crippen LogP contribution in [-0.4, -0.2) is 35.3 Å². The molecule has 1 aliphatic carbocycles. The average Bonchev–Trinajstić information content (AvgIpc) is 2.25. The van der Waals surface area contributed by atoms with Crippen molar-refractivity contribution in [1.82, 2.24) is 10.2 Å². The van der Waals surface area contributed by atoms with E-state index in [4.69, 9.17) is 0 Å². The van der Waals surface area contributed by atoms with Crippen LogP contribution < -0.4 is 5.32 Å². The Morgan fingerprint density at radius 2 is 1.93 bits per heavy atom. The zero-order chi connectivity index (χ0) is 10.9. The van der Waals surface area contributed by atoms with Gasteiger partial charge in [-0.3, -0.25) is 19.8 Å². The van der Waals surface area contributed by atoms with Gasteiger partial charge in [-0.05, 0) is 19.4 Å².